The minimum Gasteiger partial charge on any atom is -0.456 e. The quantitative estimate of drug-likeness (QED) is 0.168. The van der Waals surface area contributed by atoms with E-state index < -0.39 is 0 Å². The molecule has 0 aliphatic carbocycles. The number of pyridine rings is 3. The van der Waals surface area contributed by atoms with Crippen molar-refractivity contribution in [2.24, 2.45) is 4.99 Å². The van der Waals surface area contributed by atoms with Crippen molar-refractivity contribution in [3.05, 3.63) is 200 Å². The molecular formula is C56H36N6O. The lowest BCUT2D eigenvalue weighted by Gasteiger charge is -2.17. The number of benzene rings is 6. The SMILES string of the molecule is C1=CCC(c2ccccc2-c2ccc3c(c2)c2ncccc2n3-c2ccc3oc4ccc(-n5c6ccc(-c7ccccc7-c7ccccn7)cc6c6ncccc65)cc4c3c2)N=C1. The summed E-state index contributed by atoms with van der Waals surface area (Å²) >= 11 is 0. The molecule has 12 aromatic rings. The van der Waals surface area contributed by atoms with Gasteiger partial charge in [0.1, 0.15) is 11.2 Å². The molecule has 6 aromatic carbocycles. The first-order chi connectivity index (χ1) is 31.2. The molecule has 0 N–H and O–H groups in total. The molecule has 0 amide bonds. The number of aromatic nitrogens is 5. The minimum atomic E-state index is 0.101. The van der Waals surface area contributed by atoms with Gasteiger partial charge in [0, 0.05) is 63.3 Å². The molecule has 7 heterocycles. The van der Waals surface area contributed by atoms with Crippen LogP contribution in [0.4, 0.5) is 0 Å². The van der Waals surface area contributed by atoms with Crippen LogP contribution in [0.2, 0.25) is 0 Å². The van der Waals surface area contributed by atoms with E-state index in [9.17, 15) is 0 Å². The second kappa shape index (κ2) is 14.1. The van der Waals surface area contributed by atoms with Crippen LogP contribution in [0.5, 0.6) is 0 Å². The number of hydrogen-bond donors (Lipinski definition) is 0. The first-order valence-electron chi connectivity index (χ1n) is 21.3. The maximum absolute atomic E-state index is 6.52. The topological polar surface area (TPSA) is 74.0 Å². The van der Waals surface area contributed by atoms with E-state index in [-0.39, 0.29) is 6.04 Å². The Balaban J connectivity index is 0.946. The summed E-state index contributed by atoms with van der Waals surface area (Å²) in [6, 6.07) is 58.1. The third kappa shape index (κ3) is 5.60. The lowest BCUT2D eigenvalue weighted by Crippen LogP contribution is -2.00. The Morgan fingerprint density at radius 2 is 1.05 bits per heavy atom. The molecule has 296 valence electrons. The molecule has 0 radical (unpaired) electrons. The summed E-state index contributed by atoms with van der Waals surface area (Å²) in [5.41, 5.74) is 17.8. The molecule has 0 saturated carbocycles. The molecule has 0 saturated heterocycles. The minimum absolute atomic E-state index is 0.101. The molecule has 1 aliphatic heterocycles. The fourth-order valence-electron chi connectivity index (χ4n) is 9.81. The molecule has 1 atom stereocenters. The summed E-state index contributed by atoms with van der Waals surface area (Å²) in [5.74, 6) is 0. The van der Waals surface area contributed by atoms with Gasteiger partial charge in [0.15, 0.2) is 0 Å². The fraction of sp³-hybridized carbons (Fsp3) is 0.0357. The van der Waals surface area contributed by atoms with Gasteiger partial charge >= 0.3 is 0 Å². The molecule has 6 aromatic heterocycles. The van der Waals surface area contributed by atoms with Gasteiger partial charge in [-0.25, -0.2) is 0 Å². The van der Waals surface area contributed by atoms with Gasteiger partial charge in [-0.1, -0.05) is 72.8 Å². The average molecular weight is 809 g/mol. The highest BCUT2D eigenvalue weighted by molar-refractivity contribution is 6.12. The lowest BCUT2D eigenvalue weighted by molar-refractivity contribution is 0.669. The first-order valence-corrected chi connectivity index (χ1v) is 21.3. The summed E-state index contributed by atoms with van der Waals surface area (Å²) in [6.07, 6.45) is 12.6. The Kier molecular flexibility index (Phi) is 7.90. The van der Waals surface area contributed by atoms with Crippen LogP contribution in [0, 0.1) is 0 Å². The van der Waals surface area contributed by atoms with Crippen LogP contribution in [0.1, 0.15) is 18.0 Å². The highest BCUT2D eigenvalue weighted by atomic mass is 16.3. The number of nitrogens with zero attached hydrogens (tertiary/aromatic N) is 6. The molecule has 13 rings (SSSR count). The predicted octanol–water partition coefficient (Wildman–Crippen LogP) is 14.0. The van der Waals surface area contributed by atoms with Crippen molar-refractivity contribution in [3.63, 3.8) is 0 Å². The Bertz CT molecular complexity index is 3850. The third-order valence-corrected chi connectivity index (χ3v) is 12.6. The van der Waals surface area contributed by atoms with Gasteiger partial charge in [-0.05, 0) is 137 Å². The monoisotopic (exact) mass is 808 g/mol. The second-order valence-corrected chi connectivity index (χ2v) is 16.2. The Labute approximate surface area is 361 Å². The average Bonchev–Trinajstić information content (AvgIpc) is 4.01. The van der Waals surface area contributed by atoms with Crippen LogP contribution in [-0.4, -0.2) is 30.3 Å². The Hall–Kier alpha value is -8.42. The van der Waals surface area contributed by atoms with Crippen molar-refractivity contribution < 1.29 is 4.42 Å². The standard InChI is InChI=1S/C56H36N6O/c1-3-13-41(47-15-5-7-27-57-47)39(11-1)35-19-23-49-45(31-35)55-51(17-9-29-59-55)61(49)37-21-25-53-43(33-37)44-34-38(22-26-54(44)63-53)62-50-24-20-36(32-46(50)56-52(62)18-10-30-60-56)40-12-2-4-14-42(40)48-16-6-8-28-58-48/h1-15,17-34,48H,16H2. The maximum Gasteiger partial charge on any atom is 0.135 e. The number of allylic oxidation sites excluding steroid dienone is 1. The molecular weight excluding hydrogens is 773 g/mol. The van der Waals surface area contributed by atoms with E-state index in [1.54, 1.807) is 0 Å². The van der Waals surface area contributed by atoms with Crippen molar-refractivity contribution >= 4 is 72.0 Å². The number of rotatable bonds is 6. The van der Waals surface area contributed by atoms with E-state index in [2.05, 4.69) is 160 Å². The van der Waals surface area contributed by atoms with E-state index in [1.165, 1.54) is 11.1 Å². The van der Waals surface area contributed by atoms with Gasteiger partial charge in [-0.2, -0.15) is 0 Å². The zero-order valence-corrected chi connectivity index (χ0v) is 33.9. The number of furan rings is 1. The van der Waals surface area contributed by atoms with E-state index in [4.69, 9.17) is 19.4 Å². The Morgan fingerprint density at radius 1 is 0.460 bits per heavy atom. The van der Waals surface area contributed by atoms with Crippen LogP contribution in [-0.2, 0) is 0 Å². The lowest BCUT2D eigenvalue weighted by atomic mass is 9.92. The van der Waals surface area contributed by atoms with Gasteiger partial charge in [0.25, 0.3) is 0 Å². The Morgan fingerprint density at radius 3 is 1.67 bits per heavy atom. The second-order valence-electron chi connectivity index (χ2n) is 16.2. The van der Waals surface area contributed by atoms with Gasteiger partial charge in [-0.3, -0.25) is 19.9 Å². The smallest absolute Gasteiger partial charge is 0.135 e. The van der Waals surface area contributed by atoms with Gasteiger partial charge in [0.05, 0.1) is 44.8 Å². The van der Waals surface area contributed by atoms with Crippen LogP contribution in [0.3, 0.4) is 0 Å². The summed E-state index contributed by atoms with van der Waals surface area (Å²) in [5, 5.41) is 4.28. The molecule has 1 aliphatic rings. The van der Waals surface area contributed by atoms with E-state index in [0.29, 0.717) is 0 Å². The molecule has 0 bridgehead atoms. The number of aliphatic imine (C=N–C) groups is 1. The van der Waals surface area contributed by atoms with Gasteiger partial charge in [0.2, 0.25) is 0 Å². The third-order valence-electron chi connectivity index (χ3n) is 12.6. The first kappa shape index (κ1) is 35.3. The maximum atomic E-state index is 6.52. The zero-order chi connectivity index (χ0) is 41.4. The number of dihydropyridines is 1. The highest BCUT2D eigenvalue weighted by Crippen LogP contribution is 2.41. The van der Waals surface area contributed by atoms with Gasteiger partial charge < -0.3 is 13.6 Å². The van der Waals surface area contributed by atoms with Crippen LogP contribution in [0.25, 0.3) is 111 Å². The fourth-order valence-corrected chi connectivity index (χ4v) is 9.81. The number of hydrogen-bond acceptors (Lipinski definition) is 5. The van der Waals surface area contributed by atoms with Crippen molar-refractivity contribution in [3.8, 4) is 44.9 Å². The van der Waals surface area contributed by atoms with Crippen molar-refractivity contribution in [1.82, 2.24) is 24.1 Å². The largest absolute Gasteiger partial charge is 0.456 e. The van der Waals surface area contributed by atoms with Crippen LogP contribution < -0.4 is 0 Å². The molecule has 0 spiro atoms. The van der Waals surface area contributed by atoms with Crippen molar-refractivity contribution in [2.45, 2.75) is 12.5 Å². The molecule has 63 heavy (non-hydrogen) atoms. The van der Waals surface area contributed by atoms with Crippen molar-refractivity contribution in [2.75, 3.05) is 0 Å². The van der Waals surface area contributed by atoms with Crippen LogP contribution in [0.15, 0.2) is 204 Å². The number of fused-ring (bicyclic) bond motifs is 9. The zero-order valence-electron chi connectivity index (χ0n) is 33.9. The predicted molar refractivity (Wildman–Crippen MR) is 257 cm³/mol. The molecule has 7 nitrogen and oxygen atoms in total. The summed E-state index contributed by atoms with van der Waals surface area (Å²) in [6.45, 7) is 0. The van der Waals surface area contributed by atoms with Crippen LogP contribution >= 0.6 is 0 Å². The van der Waals surface area contributed by atoms with E-state index >= 15 is 0 Å². The normalized spacial score (nSPS) is 14.0. The highest BCUT2D eigenvalue weighted by Gasteiger charge is 2.21. The molecule has 1 unspecified atom stereocenters. The summed E-state index contributed by atoms with van der Waals surface area (Å²) < 4.78 is 11.2. The van der Waals surface area contributed by atoms with Gasteiger partial charge in [-0.15, -0.1) is 0 Å². The summed E-state index contributed by atoms with van der Waals surface area (Å²) in [7, 11) is 0. The van der Waals surface area contributed by atoms with E-state index in [0.717, 1.165) is 112 Å². The summed E-state index contributed by atoms with van der Waals surface area (Å²) in [4.78, 5) is 19.4. The van der Waals surface area contributed by atoms with Crippen molar-refractivity contribution in [1.29, 1.82) is 0 Å². The molecule has 7 heteroatoms. The molecule has 0 fully saturated rings. The van der Waals surface area contributed by atoms with E-state index in [1.807, 2.05) is 55.1 Å².